The van der Waals surface area contributed by atoms with Crippen LogP contribution >= 0.6 is 0 Å². The summed E-state index contributed by atoms with van der Waals surface area (Å²) in [6, 6.07) is 6.25. The fourth-order valence-electron chi connectivity index (χ4n) is 1.38. The normalized spacial score (nSPS) is 11.3. The van der Waals surface area contributed by atoms with Crippen molar-refractivity contribution in [2.24, 2.45) is 0 Å². The van der Waals surface area contributed by atoms with Crippen molar-refractivity contribution < 1.29 is 28.2 Å². The Morgan fingerprint density at radius 1 is 1.24 bits per heavy atom. The van der Waals surface area contributed by atoms with E-state index in [1.54, 1.807) is 19.1 Å². The summed E-state index contributed by atoms with van der Waals surface area (Å²) < 4.78 is 28.9. The van der Waals surface area contributed by atoms with Gasteiger partial charge in [0.2, 0.25) is 0 Å². The summed E-state index contributed by atoms with van der Waals surface area (Å²) in [5.74, 6) is -0.300. The first-order chi connectivity index (χ1) is 9.72. The second-order valence-corrected chi connectivity index (χ2v) is 6.18. The Hall–Kier alpha value is -1.86. The number of rotatable bonds is 5. The largest absolute Gasteiger partial charge is 0.497 e. The molecule has 0 saturated heterocycles. The highest BCUT2D eigenvalue weighted by atomic mass is 32.2. The number of hydrogen-bond acceptors (Lipinski definition) is 5. The number of ether oxygens (including phenoxy) is 1. The van der Waals surface area contributed by atoms with Gasteiger partial charge in [-0.2, -0.15) is 0 Å². The van der Waals surface area contributed by atoms with Crippen LogP contribution in [0.3, 0.4) is 0 Å². The average molecular weight is 316 g/mol. The number of carboxylic acid groups (broad SMARTS) is 1. The zero-order valence-corrected chi connectivity index (χ0v) is 13.1. The van der Waals surface area contributed by atoms with Crippen LogP contribution in [0.4, 0.5) is 0 Å². The molecule has 0 aliphatic rings. The van der Waals surface area contributed by atoms with Crippen molar-refractivity contribution in [1.82, 2.24) is 0 Å². The number of aliphatic hydroxyl groups excluding tert-OH is 1. The molecule has 7 heteroatoms. The van der Waals surface area contributed by atoms with Gasteiger partial charge in [0.15, 0.2) is 9.84 Å². The zero-order chi connectivity index (χ0) is 16.5. The lowest BCUT2D eigenvalue weighted by Gasteiger charge is -2.05. The van der Waals surface area contributed by atoms with Crippen molar-refractivity contribution in [3.8, 4) is 5.75 Å². The summed E-state index contributed by atoms with van der Waals surface area (Å²) >= 11 is 0. The molecule has 0 bridgehead atoms. The van der Waals surface area contributed by atoms with Gasteiger partial charge in [-0.1, -0.05) is 11.6 Å². The third kappa shape index (κ3) is 8.11. The molecule has 1 aromatic carbocycles. The predicted octanol–water partition coefficient (Wildman–Crippen LogP) is 1.50. The first-order valence-electron chi connectivity index (χ1n) is 6.05. The van der Waals surface area contributed by atoms with Crippen molar-refractivity contribution in [3.05, 3.63) is 35.9 Å². The Labute approximate surface area is 124 Å². The monoisotopic (exact) mass is 316 g/mol. The van der Waals surface area contributed by atoms with E-state index in [0.29, 0.717) is 11.3 Å². The third-order valence-electron chi connectivity index (χ3n) is 2.28. The standard InChI is InChI=1S/C12H16O4S.C2H4O2/c1-10(7-8-13)9-17(14,15)12-5-3-11(16-2)4-6-12;1-2(3)4/h3-7,13H,8-9H2,1-2H3;1H3,(H,3,4). The van der Waals surface area contributed by atoms with E-state index < -0.39 is 15.8 Å². The Kier molecular flexibility index (Phi) is 8.34. The van der Waals surface area contributed by atoms with Crippen molar-refractivity contribution in [2.75, 3.05) is 19.5 Å². The van der Waals surface area contributed by atoms with Gasteiger partial charge in [0.25, 0.3) is 5.97 Å². The van der Waals surface area contributed by atoms with Crippen molar-refractivity contribution in [3.63, 3.8) is 0 Å². The number of hydrogen-bond donors (Lipinski definition) is 2. The minimum Gasteiger partial charge on any atom is -0.497 e. The quantitative estimate of drug-likeness (QED) is 0.798. The van der Waals surface area contributed by atoms with Gasteiger partial charge >= 0.3 is 0 Å². The van der Waals surface area contributed by atoms with Crippen LogP contribution in [0.2, 0.25) is 0 Å². The van der Waals surface area contributed by atoms with Gasteiger partial charge in [-0.15, -0.1) is 0 Å². The van der Waals surface area contributed by atoms with E-state index in [4.69, 9.17) is 19.7 Å². The molecule has 118 valence electrons. The van der Waals surface area contributed by atoms with E-state index in [1.807, 2.05) is 0 Å². The van der Waals surface area contributed by atoms with Crippen molar-refractivity contribution in [2.45, 2.75) is 18.7 Å². The fourth-order valence-corrected chi connectivity index (χ4v) is 2.82. The number of methoxy groups -OCH3 is 1. The highest BCUT2D eigenvalue weighted by Crippen LogP contribution is 2.18. The van der Waals surface area contributed by atoms with E-state index >= 15 is 0 Å². The van der Waals surface area contributed by atoms with Gasteiger partial charge in [0.05, 0.1) is 24.4 Å². The van der Waals surface area contributed by atoms with E-state index in [2.05, 4.69) is 0 Å². The molecule has 0 atom stereocenters. The molecule has 6 nitrogen and oxygen atoms in total. The Balaban J connectivity index is 0.000000885. The summed E-state index contributed by atoms with van der Waals surface area (Å²) in [7, 11) is -1.82. The van der Waals surface area contributed by atoms with Gasteiger partial charge in [0, 0.05) is 6.92 Å². The van der Waals surface area contributed by atoms with Gasteiger partial charge in [-0.25, -0.2) is 8.42 Å². The molecule has 0 aromatic heterocycles. The van der Waals surface area contributed by atoms with Crippen LogP contribution in [0.25, 0.3) is 0 Å². The highest BCUT2D eigenvalue weighted by molar-refractivity contribution is 7.91. The number of aliphatic hydroxyl groups is 1. The maximum absolute atomic E-state index is 12.0. The van der Waals surface area contributed by atoms with Crippen LogP contribution in [-0.2, 0) is 14.6 Å². The molecule has 0 spiro atoms. The highest BCUT2D eigenvalue weighted by Gasteiger charge is 2.14. The molecule has 1 rings (SSSR count). The first kappa shape index (κ1) is 19.1. The molecule has 0 saturated carbocycles. The molecule has 0 fully saturated rings. The molecular weight excluding hydrogens is 296 g/mol. The number of aliphatic carboxylic acids is 1. The van der Waals surface area contributed by atoms with Crippen LogP contribution in [0.5, 0.6) is 5.75 Å². The number of benzene rings is 1. The van der Waals surface area contributed by atoms with Crippen LogP contribution in [0, 0.1) is 0 Å². The Morgan fingerprint density at radius 3 is 2.10 bits per heavy atom. The van der Waals surface area contributed by atoms with E-state index in [9.17, 15) is 8.42 Å². The van der Waals surface area contributed by atoms with E-state index in [0.717, 1.165) is 6.92 Å². The third-order valence-corrected chi connectivity index (χ3v) is 4.10. The van der Waals surface area contributed by atoms with Gasteiger partial charge in [0.1, 0.15) is 5.75 Å². The molecule has 2 N–H and O–H groups in total. The summed E-state index contributed by atoms with van der Waals surface area (Å²) in [4.78, 5) is 9.25. The Morgan fingerprint density at radius 2 is 1.71 bits per heavy atom. The lowest BCUT2D eigenvalue weighted by molar-refractivity contribution is -0.134. The molecule has 0 unspecified atom stereocenters. The Bertz CT molecular complexity index is 568. The predicted molar refractivity (Wildman–Crippen MR) is 79.2 cm³/mol. The van der Waals surface area contributed by atoms with Gasteiger partial charge < -0.3 is 14.9 Å². The maximum Gasteiger partial charge on any atom is 0.300 e. The minimum atomic E-state index is -3.34. The minimum absolute atomic E-state index is 0.0834. The molecule has 0 aliphatic carbocycles. The molecular formula is C14H20O6S. The second kappa shape index (κ2) is 9.15. The van der Waals surface area contributed by atoms with Crippen LogP contribution in [0.1, 0.15) is 13.8 Å². The topological polar surface area (TPSA) is 101 Å². The van der Waals surface area contributed by atoms with Gasteiger partial charge in [-0.05, 0) is 31.2 Å². The van der Waals surface area contributed by atoms with Crippen LogP contribution in [0.15, 0.2) is 40.8 Å². The summed E-state index contributed by atoms with van der Waals surface area (Å²) in [6.07, 6.45) is 1.49. The number of carboxylic acids is 1. The van der Waals surface area contributed by atoms with Crippen molar-refractivity contribution in [1.29, 1.82) is 0 Å². The van der Waals surface area contributed by atoms with Gasteiger partial charge in [-0.3, -0.25) is 4.79 Å². The molecule has 0 amide bonds. The summed E-state index contributed by atoms with van der Waals surface area (Å²) in [6.45, 7) is 2.61. The first-order valence-corrected chi connectivity index (χ1v) is 7.71. The molecule has 0 aliphatic heterocycles. The summed E-state index contributed by atoms with van der Waals surface area (Å²) in [5, 5.41) is 16.1. The SMILES string of the molecule is CC(=O)O.COc1ccc(S(=O)(=O)CC(C)=CCO)cc1. The second-order valence-electron chi connectivity index (χ2n) is 4.19. The number of carbonyl (C=O) groups is 1. The van der Waals surface area contributed by atoms with Crippen molar-refractivity contribution >= 4 is 15.8 Å². The smallest absolute Gasteiger partial charge is 0.300 e. The molecule has 0 heterocycles. The molecule has 21 heavy (non-hydrogen) atoms. The van der Waals surface area contributed by atoms with E-state index in [1.165, 1.54) is 25.3 Å². The average Bonchev–Trinajstić information content (AvgIpc) is 2.37. The maximum atomic E-state index is 12.0. The lowest BCUT2D eigenvalue weighted by atomic mass is 10.3. The van der Waals surface area contributed by atoms with Crippen LogP contribution < -0.4 is 4.74 Å². The van der Waals surface area contributed by atoms with E-state index in [-0.39, 0.29) is 17.3 Å². The molecule has 1 aromatic rings. The van der Waals surface area contributed by atoms with Crippen LogP contribution in [-0.4, -0.2) is 44.1 Å². The molecule has 0 radical (unpaired) electrons. The zero-order valence-electron chi connectivity index (χ0n) is 12.2. The number of sulfone groups is 1. The lowest BCUT2D eigenvalue weighted by Crippen LogP contribution is -2.08. The summed E-state index contributed by atoms with van der Waals surface area (Å²) in [5.41, 5.74) is 0.628. The fraction of sp³-hybridized carbons (Fsp3) is 0.357.